The maximum Gasteiger partial charge on any atom is 0.350 e. The van der Waals surface area contributed by atoms with Crippen LogP contribution in [0.15, 0.2) is 71.1 Å². The maximum absolute atomic E-state index is 12.9. The highest BCUT2D eigenvalue weighted by Gasteiger charge is 2.12. The largest absolute Gasteiger partial charge is 0.350 e. The van der Waals surface area contributed by atoms with E-state index >= 15 is 0 Å². The van der Waals surface area contributed by atoms with Gasteiger partial charge in [-0.05, 0) is 24.3 Å². The highest BCUT2D eigenvalue weighted by atomic mass is 32.1. The van der Waals surface area contributed by atoms with Gasteiger partial charge in [0.05, 0.1) is 28.1 Å². The number of thiazole rings is 1. The average molecular weight is 373 g/mol. The van der Waals surface area contributed by atoms with Gasteiger partial charge in [-0.3, -0.25) is 9.97 Å². The smallest absolute Gasteiger partial charge is 0.253 e. The first-order chi connectivity index (χ1) is 13.3. The van der Waals surface area contributed by atoms with E-state index in [-0.39, 0.29) is 5.69 Å². The molecule has 0 aliphatic heterocycles. The van der Waals surface area contributed by atoms with E-state index in [9.17, 15) is 4.79 Å². The summed E-state index contributed by atoms with van der Waals surface area (Å²) in [6.45, 7) is 0.480. The quantitative estimate of drug-likeness (QED) is 0.484. The summed E-state index contributed by atoms with van der Waals surface area (Å²) in [5.74, 6) is 0. The Bertz CT molecular complexity index is 1300. The van der Waals surface area contributed by atoms with E-state index in [2.05, 4.69) is 21.1 Å². The molecule has 4 heterocycles. The molecule has 6 nitrogen and oxygen atoms in total. The Morgan fingerprint density at radius 1 is 1.00 bits per heavy atom. The number of hydrogen-bond acceptors (Lipinski definition) is 5. The van der Waals surface area contributed by atoms with Crippen LogP contribution in [0.3, 0.4) is 0 Å². The molecule has 0 fully saturated rings. The third kappa shape index (κ3) is 2.82. The summed E-state index contributed by atoms with van der Waals surface area (Å²) < 4.78 is 3.15. The molecule has 7 heteroatoms. The molecule has 27 heavy (non-hydrogen) atoms. The molecule has 0 radical (unpaired) electrons. The molecule has 5 aromatic rings. The van der Waals surface area contributed by atoms with Crippen molar-refractivity contribution in [2.45, 2.75) is 13.0 Å². The summed E-state index contributed by atoms with van der Waals surface area (Å²) in [5.41, 5.74) is 4.97. The SMILES string of the molecule is O=c1n(CCc2ccc3ccccc3n2)nc2cccc(-c3cncs3)n12. The normalized spacial score (nSPS) is 11.4. The highest BCUT2D eigenvalue weighted by molar-refractivity contribution is 7.13. The number of para-hydroxylation sites is 1. The van der Waals surface area contributed by atoms with Crippen molar-refractivity contribution in [2.24, 2.45) is 0 Å². The summed E-state index contributed by atoms with van der Waals surface area (Å²) in [6.07, 6.45) is 2.41. The second-order valence-corrected chi connectivity index (χ2v) is 7.11. The van der Waals surface area contributed by atoms with E-state index < -0.39 is 0 Å². The Labute approximate surface area is 158 Å². The van der Waals surface area contributed by atoms with E-state index in [1.807, 2.05) is 48.5 Å². The number of aryl methyl sites for hydroxylation is 2. The van der Waals surface area contributed by atoms with E-state index in [1.54, 1.807) is 16.1 Å². The number of rotatable bonds is 4. The van der Waals surface area contributed by atoms with Crippen LogP contribution < -0.4 is 5.69 Å². The van der Waals surface area contributed by atoms with Crippen molar-refractivity contribution in [3.05, 3.63) is 82.5 Å². The lowest BCUT2D eigenvalue weighted by Crippen LogP contribution is -2.23. The molecule has 0 atom stereocenters. The molecular formula is C20H15N5OS. The van der Waals surface area contributed by atoms with Crippen molar-refractivity contribution in [1.29, 1.82) is 0 Å². The van der Waals surface area contributed by atoms with Crippen molar-refractivity contribution in [3.8, 4) is 10.6 Å². The Hall–Kier alpha value is -3.32. The summed E-state index contributed by atoms with van der Waals surface area (Å²) in [7, 11) is 0. The minimum absolute atomic E-state index is 0.144. The van der Waals surface area contributed by atoms with Gasteiger partial charge in [-0.25, -0.2) is 13.9 Å². The summed E-state index contributed by atoms with van der Waals surface area (Å²) in [4.78, 5) is 22.6. The average Bonchev–Trinajstić information content (AvgIpc) is 3.35. The molecular weight excluding hydrogens is 358 g/mol. The summed E-state index contributed by atoms with van der Waals surface area (Å²) >= 11 is 1.50. The van der Waals surface area contributed by atoms with Gasteiger partial charge >= 0.3 is 5.69 Å². The second-order valence-electron chi connectivity index (χ2n) is 6.22. The zero-order valence-corrected chi connectivity index (χ0v) is 15.1. The van der Waals surface area contributed by atoms with Gasteiger partial charge < -0.3 is 0 Å². The number of fused-ring (bicyclic) bond motifs is 2. The number of benzene rings is 1. The number of pyridine rings is 2. The van der Waals surface area contributed by atoms with E-state index in [1.165, 1.54) is 16.0 Å². The first-order valence-electron chi connectivity index (χ1n) is 8.62. The molecule has 0 unspecified atom stereocenters. The van der Waals surface area contributed by atoms with Crippen LogP contribution in [0.25, 0.3) is 27.1 Å². The van der Waals surface area contributed by atoms with Gasteiger partial charge in [-0.15, -0.1) is 16.4 Å². The van der Waals surface area contributed by atoms with E-state index in [0.717, 1.165) is 27.2 Å². The molecule has 5 rings (SSSR count). The lowest BCUT2D eigenvalue weighted by Gasteiger charge is -2.03. The molecule has 0 amide bonds. The molecule has 0 saturated carbocycles. The molecule has 132 valence electrons. The van der Waals surface area contributed by atoms with Gasteiger partial charge in [0.25, 0.3) is 0 Å². The lowest BCUT2D eigenvalue weighted by atomic mass is 10.2. The molecule has 0 spiro atoms. The number of hydrogen-bond donors (Lipinski definition) is 0. The molecule has 0 N–H and O–H groups in total. The first kappa shape index (κ1) is 15.9. The van der Waals surface area contributed by atoms with E-state index in [0.29, 0.717) is 18.6 Å². The Kier molecular flexibility index (Phi) is 3.79. The zero-order valence-electron chi connectivity index (χ0n) is 14.3. The molecule has 1 aromatic carbocycles. The van der Waals surface area contributed by atoms with Crippen LogP contribution in [0.4, 0.5) is 0 Å². The van der Waals surface area contributed by atoms with Crippen LogP contribution in [0.5, 0.6) is 0 Å². The van der Waals surface area contributed by atoms with Crippen molar-refractivity contribution >= 4 is 27.9 Å². The number of nitrogens with zero attached hydrogens (tertiary/aromatic N) is 5. The van der Waals surface area contributed by atoms with Crippen LogP contribution in [0.1, 0.15) is 5.69 Å². The summed E-state index contributed by atoms with van der Waals surface area (Å²) in [5, 5.41) is 5.60. The predicted octanol–water partition coefficient (Wildman–Crippen LogP) is 3.41. The van der Waals surface area contributed by atoms with Crippen LogP contribution in [-0.4, -0.2) is 24.1 Å². The molecule has 4 aromatic heterocycles. The van der Waals surface area contributed by atoms with Crippen molar-refractivity contribution in [1.82, 2.24) is 24.1 Å². The monoisotopic (exact) mass is 373 g/mol. The first-order valence-corrected chi connectivity index (χ1v) is 9.50. The fourth-order valence-corrected chi connectivity index (χ4v) is 3.84. The zero-order chi connectivity index (χ0) is 18.2. The molecule has 0 aliphatic carbocycles. The number of aromatic nitrogens is 5. The highest BCUT2D eigenvalue weighted by Crippen LogP contribution is 2.22. The van der Waals surface area contributed by atoms with Gasteiger partial charge in [0.1, 0.15) is 0 Å². The topological polar surface area (TPSA) is 65.1 Å². The fourth-order valence-electron chi connectivity index (χ4n) is 3.21. The molecule has 0 saturated heterocycles. The Morgan fingerprint density at radius 2 is 1.93 bits per heavy atom. The van der Waals surface area contributed by atoms with Gasteiger partial charge in [0.15, 0.2) is 5.65 Å². The Balaban J connectivity index is 1.49. The lowest BCUT2D eigenvalue weighted by molar-refractivity contribution is 0.588. The Morgan fingerprint density at radius 3 is 2.81 bits per heavy atom. The second kappa shape index (κ2) is 6.44. The summed E-state index contributed by atoms with van der Waals surface area (Å²) in [6, 6.07) is 17.8. The van der Waals surface area contributed by atoms with Crippen LogP contribution in [0, 0.1) is 0 Å². The van der Waals surface area contributed by atoms with Gasteiger partial charge in [0, 0.05) is 23.7 Å². The van der Waals surface area contributed by atoms with Crippen molar-refractivity contribution < 1.29 is 0 Å². The van der Waals surface area contributed by atoms with E-state index in [4.69, 9.17) is 0 Å². The minimum atomic E-state index is -0.144. The fraction of sp³-hybridized carbons (Fsp3) is 0.100. The van der Waals surface area contributed by atoms with Crippen molar-refractivity contribution in [3.63, 3.8) is 0 Å². The van der Waals surface area contributed by atoms with Crippen LogP contribution in [0.2, 0.25) is 0 Å². The van der Waals surface area contributed by atoms with Gasteiger partial charge in [-0.2, -0.15) is 0 Å². The third-order valence-electron chi connectivity index (χ3n) is 4.53. The van der Waals surface area contributed by atoms with Gasteiger partial charge in [-0.1, -0.05) is 30.3 Å². The predicted molar refractivity (Wildman–Crippen MR) is 106 cm³/mol. The molecule has 0 aliphatic rings. The van der Waals surface area contributed by atoms with Gasteiger partial charge in [0.2, 0.25) is 0 Å². The maximum atomic E-state index is 12.9. The standard InChI is InChI=1S/C20H15N5OS/c26-20-24(11-10-15-9-8-14-4-1-2-5-16(14)22-15)23-19-7-3-6-17(25(19)20)18-12-21-13-27-18/h1-9,12-13H,10-11H2. The van der Waals surface area contributed by atoms with Crippen LogP contribution >= 0.6 is 11.3 Å². The van der Waals surface area contributed by atoms with Crippen LogP contribution in [-0.2, 0) is 13.0 Å². The van der Waals surface area contributed by atoms with Crippen molar-refractivity contribution in [2.75, 3.05) is 0 Å². The molecule has 0 bridgehead atoms. The minimum Gasteiger partial charge on any atom is -0.253 e. The third-order valence-corrected chi connectivity index (χ3v) is 5.32.